The molecule has 0 aromatic carbocycles. The van der Waals surface area contributed by atoms with Gasteiger partial charge in [0, 0.05) is 6.20 Å². The fraction of sp³-hybridized carbons (Fsp3) is 0.643. The lowest BCUT2D eigenvalue weighted by molar-refractivity contribution is -0.140. The number of rotatable bonds is 5. The summed E-state index contributed by atoms with van der Waals surface area (Å²) in [5, 5.41) is 15.9. The first-order chi connectivity index (χ1) is 9.50. The third kappa shape index (κ3) is 3.00. The summed E-state index contributed by atoms with van der Waals surface area (Å²) in [5.74, 6) is -1.55. The summed E-state index contributed by atoms with van der Waals surface area (Å²) >= 11 is 0. The Morgan fingerprint density at radius 1 is 1.40 bits per heavy atom. The molecule has 1 aromatic rings. The summed E-state index contributed by atoms with van der Waals surface area (Å²) in [6.07, 6.45) is 5.94. The molecule has 0 spiro atoms. The largest absolute Gasteiger partial charge is 0.480 e. The molecule has 20 heavy (non-hydrogen) atoms. The fourth-order valence-electron chi connectivity index (χ4n) is 2.66. The highest BCUT2D eigenvalue weighted by molar-refractivity contribution is 5.95. The SMILES string of the molecule is CC(C)C(NC(=O)c1ccnn1C1CCCC1)C(=O)O. The highest BCUT2D eigenvalue weighted by Crippen LogP contribution is 2.29. The first kappa shape index (κ1) is 14.6. The molecule has 2 rings (SSSR count). The zero-order valence-electron chi connectivity index (χ0n) is 11.9. The molecule has 0 radical (unpaired) electrons. The maximum absolute atomic E-state index is 12.3. The maximum atomic E-state index is 12.3. The van der Waals surface area contributed by atoms with E-state index in [4.69, 9.17) is 5.11 Å². The van der Waals surface area contributed by atoms with Crippen LogP contribution < -0.4 is 5.32 Å². The summed E-state index contributed by atoms with van der Waals surface area (Å²) in [5.41, 5.74) is 0.448. The number of carbonyl (C=O) groups excluding carboxylic acids is 1. The zero-order valence-corrected chi connectivity index (χ0v) is 11.9. The van der Waals surface area contributed by atoms with Crippen LogP contribution in [0.1, 0.15) is 56.1 Å². The van der Waals surface area contributed by atoms with Crippen LogP contribution in [-0.4, -0.2) is 32.8 Å². The van der Waals surface area contributed by atoms with Gasteiger partial charge in [-0.25, -0.2) is 4.79 Å². The van der Waals surface area contributed by atoms with E-state index in [-0.39, 0.29) is 17.9 Å². The number of carboxylic acids is 1. The van der Waals surface area contributed by atoms with Crippen LogP contribution in [-0.2, 0) is 4.79 Å². The van der Waals surface area contributed by atoms with Gasteiger partial charge in [0.1, 0.15) is 11.7 Å². The molecule has 1 atom stereocenters. The van der Waals surface area contributed by atoms with Crippen molar-refractivity contribution >= 4 is 11.9 Å². The second-order valence-electron chi connectivity index (χ2n) is 5.63. The quantitative estimate of drug-likeness (QED) is 0.861. The lowest BCUT2D eigenvalue weighted by atomic mass is 10.0. The van der Waals surface area contributed by atoms with Gasteiger partial charge in [0.2, 0.25) is 0 Å². The van der Waals surface area contributed by atoms with Gasteiger partial charge in [0.15, 0.2) is 0 Å². The summed E-state index contributed by atoms with van der Waals surface area (Å²) in [6.45, 7) is 3.54. The lowest BCUT2D eigenvalue weighted by Crippen LogP contribution is -2.45. The van der Waals surface area contributed by atoms with Gasteiger partial charge in [-0.15, -0.1) is 0 Å². The van der Waals surface area contributed by atoms with E-state index in [0.717, 1.165) is 25.7 Å². The minimum atomic E-state index is -1.01. The number of amides is 1. The topological polar surface area (TPSA) is 84.2 Å². The summed E-state index contributed by atoms with van der Waals surface area (Å²) < 4.78 is 1.74. The van der Waals surface area contributed by atoms with Crippen molar-refractivity contribution in [3.05, 3.63) is 18.0 Å². The number of carbonyl (C=O) groups is 2. The maximum Gasteiger partial charge on any atom is 0.326 e. The van der Waals surface area contributed by atoms with Gasteiger partial charge < -0.3 is 10.4 Å². The van der Waals surface area contributed by atoms with Gasteiger partial charge >= 0.3 is 5.97 Å². The van der Waals surface area contributed by atoms with Gasteiger partial charge in [-0.2, -0.15) is 5.10 Å². The Labute approximate surface area is 118 Å². The van der Waals surface area contributed by atoms with E-state index in [1.165, 1.54) is 0 Å². The Morgan fingerprint density at radius 3 is 2.60 bits per heavy atom. The van der Waals surface area contributed by atoms with Crippen LogP contribution in [0.25, 0.3) is 0 Å². The summed E-state index contributed by atoms with van der Waals surface area (Å²) in [7, 11) is 0. The van der Waals surface area contributed by atoms with Crippen molar-refractivity contribution in [3.63, 3.8) is 0 Å². The molecule has 0 bridgehead atoms. The van der Waals surface area contributed by atoms with E-state index in [9.17, 15) is 9.59 Å². The summed E-state index contributed by atoms with van der Waals surface area (Å²) in [4.78, 5) is 23.4. The van der Waals surface area contributed by atoms with Crippen molar-refractivity contribution in [2.45, 2.75) is 51.6 Å². The molecule has 0 aliphatic heterocycles. The zero-order chi connectivity index (χ0) is 14.7. The third-order valence-corrected chi connectivity index (χ3v) is 3.79. The molecule has 6 heteroatoms. The van der Waals surface area contributed by atoms with E-state index in [2.05, 4.69) is 10.4 Å². The average Bonchev–Trinajstić information content (AvgIpc) is 3.03. The molecule has 110 valence electrons. The molecular weight excluding hydrogens is 258 g/mol. The van der Waals surface area contributed by atoms with Crippen molar-refractivity contribution in [2.24, 2.45) is 5.92 Å². The van der Waals surface area contributed by atoms with Crippen LogP contribution in [0.2, 0.25) is 0 Å². The van der Waals surface area contributed by atoms with Gasteiger partial charge in [-0.3, -0.25) is 9.48 Å². The molecule has 1 unspecified atom stereocenters. The molecule has 1 heterocycles. The number of aliphatic carboxylic acids is 1. The van der Waals surface area contributed by atoms with Crippen molar-refractivity contribution in [1.29, 1.82) is 0 Å². The van der Waals surface area contributed by atoms with Crippen molar-refractivity contribution in [3.8, 4) is 0 Å². The standard InChI is InChI=1S/C14H21N3O3/c1-9(2)12(14(19)20)16-13(18)11-7-8-15-17(11)10-5-3-4-6-10/h7-10,12H,3-6H2,1-2H3,(H,16,18)(H,19,20). The van der Waals surface area contributed by atoms with Crippen LogP contribution in [0, 0.1) is 5.92 Å². The normalized spacial score (nSPS) is 17.4. The van der Waals surface area contributed by atoms with E-state index < -0.39 is 12.0 Å². The predicted octanol–water partition coefficient (Wildman–Crippen LogP) is 1.84. The third-order valence-electron chi connectivity index (χ3n) is 3.79. The molecule has 6 nitrogen and oxygen atoms in total. The molecule has 1 aromatic heterocycles. The van der Waals surface area contributed by atoms with Gasteiger partial charge in [-0.1, -0.05) is 26.7 Å². The number of hydrogen-bond donors (Lipinski definition) is 2. The first-order valence-corrected chi connectivity index (χ1v) is 7.08. The highest BCUT2D eigenvalue weighted by atomic mass is 16.4. The Bertz CT molecular complexity index is 490. The molecule has 1 amide bonds. The molecule has 2 N–H and O–H groups in total. The van der Waals surface area contributed by atoms with E-state index in [1.54, 1.807) is 30.8 Å². The van der Waals surface area contributed by atoms with Crippen molar-refractivity contribution < 1.29 is 14.7 Å². The van der Waals surface area contributed by atoms with Gasteiger partial charge in [0.25, 0.3) is 5.91 Å². The molecular formula is C14H21N3O3. The molecule has 1 fully saturated rings. The monoisotopic (exact) mass is 279 g/mol. The minimum Gasteiger partial charge on any atom is -0.480 e. The van der Waals surface area contributed by atoms with Crippen LogP contribution >= 0.6 is 0 Å². The van der Waals surface area contributed by atoms with E-state index >= 15 is 0 Å². The molecule has 1 aliphatic rings. The number of nitrogens with zero attached hydrogens (tertiary/aromatic N) is 2. The highest BCUT2D eigenvalue weighted by Gasteiger charge is 2.27. The Morgan fingerprint density at radius 2 is 2.05 bits per heavy atom. The average molecular weight is 279 g/mol. The second kappa shape index (κ2) is 6.07. The molecule has 1 aliphatic carbocycles. The first-order valence-electron chi connectivity index (χ1n) is 7.08. The van der Waals surface area contributed by atoms with Gasteiger partial charge in [0.05, 0.1) is 6.04 Å². The number of nitrogens with one attached hydrogen (secondary N) is 1. The van der Waals surface area contributed by atoms with Crippen molar-refractivity contribution in [2.75, 3.05) is 0 Å². The summed E-state index contributed by atoms with van der Waals surface area (Å²) in [6, 6.07) is 1.02. The van der Waals surface area contributed by atoms with Gasteiger partial charge in [-0.05, 0) is 24.8 Å². The Balaban J connectivity index is 2.13. The predicted molar refractivity (Wildman–Crippen MR) is 73.5 cm³/mol. The van der Waals surface area contributed by atoms with Crippen LogP contribution in [0.4, 0.5) is 0 Å². The Hall–Kier alpha value is -1.85. The van der Waals surface area contributed by atoms with Crippen molar-refractivity contribution in [1.82, 2.24) is 15.1 Å². The number of carboxylic acid groups (broad SMARTS) is 1. The van der Waals surface area contributed by atoms with Crippen LogP contribution in [0.15, 0.2) is 12.3 Å². The molecule has 1 saturated carbocycles. The van der Waals surface area contributed by atoms with Crippen LogP contribution in [0.3, 0.4) is 0 Å². The van der Waals surface area contributed by atoms with Crippen LogP contribution in [0.5, 0.6) is 0 Å². The fourth-order valence-corrected chi connectivity index (χ4v) is 2.66. The number of aromatic nitrogens is 2. The molecule has 0 saturated heterocycles. The smallest absolute Gasteiger partial charge is 0.326 e. The number of hydrogen-bond acceptors (Lipinski definition) is 3. The van der Waals surface area contributed by atoms with E-state index in [0.29, 0.717) is 5.69 Å². The van der Waals surface area contributed by atoms with E-state index in [1.807, 2.05) is 0 Å². The minimum absolute atomic E-state index is 0.167. The lowest BCUT2D eigenvalue weighted by Gasteiger charge is -2.19. The Kier molecular flexibility index (Phi) is 4.42. The second-order valence-corrected chi connectivity index (χ2v) is 5.63.